The third kappa shape index (κ3) is 4.73. The van der Waals surface area contributed by atoms with E-state index in [1.54, 1.807) is 31.2 Å². The second-order valence-electron chi connectivity index (χ2n) is 9.79. The lowest BCUT2D eigenvalue weighted by Crippen LogP contribution is -2.39. The highest BCUT2D eigenvalue weighted by molar-refractivity contribution is 5.97. The topological polar surface area (TPSA) is 136 Å². The number of Topliss-reactive ketones (excluding diaryl/α,β-unsaturated/α-hetero) is 1. The van der Waals surface area contributed by atoms with Gasteiger partial charge >= 0.3 is 0 Å². The summed E-state index contributed by atoms with van der Waals surface area (Å²) in [6.07, 6.45) is 1.49. The van der Waals surface area contributed by atoms with E-state index in [4.69, 9.17) is 4.74 Å². The van der Waals surface area contributed by atoms with Crippen molar-refractivity contribution >= 4 is 22.6 Å². The zero-order valence-electron chi connectivity index (χ0n) is 21.4. The lowest BCUT2D eigenvalue weighted by atomic mass is 9.79. The Kier molecular flexibility index (Phi) is 7.01. The monoisotopic (exact) mass is 516 g/mol. The van der Waals surface area contributed by atoms with Gasteiger partial charge in [0.2, 0.25) is 0 Å². The summed E-state index contributed by atoms with van der Waals surface area (Å²) < 4.78 is 19.5. The average molecular weight is 517 g/mol. The second-order valence-corrected chi connectivity index (χ2v) is 9.79. The minimum Gasteiger partial charge on any atom is -0.490 e. The van der Waals surface area contributed by atoms with E-state index in [9.17, 15) is 19.1 Å². The van der Waals surface area contributed by atoms with Gasteiger partial charge in [-0.2, -0.15) is 0 Å². The summed E-state index contributed by atoms with van der Waals surface area (Å²) in [7, 11) is 0. The van der Waals surface area contributed by atoms with E-state index in [0.29, 0.717) is 28.1 Å². The third-order valence-corrected chi connectivity index (χ3v) is 6.96. The number of halogens is 1. The average Bonchev–Trinajstić information content (AvgIpc) is 3.25. The van der Waals surface area contributed by atoms with E-state index in [2.05, 4.69) is 15.3 Å². The molecule has 9 heteroatoms. The van der Waals surface area contributed by atoms with Crippen molar-refractivity contribution in [3.63, 3.8) is 0 Å². The maximum Gasteiger partial charge on any atom is 0.252 e. The van der Waals surface area contributed by atoms with Crippen LogP contribution in [0.5, 0.6) is 5.75 Å². The molecule has 0 fully saturated rings. The molecular weight excluding hydrogens is 487 g/mol. The molecule has 5 N–H and O–H groups in total. The van der Waals surface area contributed by atoms with Crippen molar-refractivity contribution in [2.24, 2.45) is 0 Å². The summed E-state index contributed by atoms with van der Waals surface area (Å²) in [5, 5.41) is 15.0. The summed E-state index contributed by atoms with van der Waals surface area (Å²) in [5.41, 5.74) is 0.424. The van der Waals surface area contributed by atoms with Gasteiger partial charge in [-0.3, -0.25) is 14.6 Å². The molecule has 0 saturated heterocycles. The number of nitrogens with zero attached hydrogens (tertiary/aromatic N) is 2. The Morgan fingerprint density at radius 1 is 1.16 bits per heavy atom. The van der Waals surface area contributed by atoms with E-state index in [-0.39, 0.29) is 30.8 Å². The molecule has 0 spiro atoms. The number of benzene rings is 2. The summed E-state index contributed by atoms with van der Waals surface area (Å²) in [6.45, 7) is 4.79. The first-order valence-corrected chi connectivity index (χ1v) is 11.9. The SMILES string of the molecule is CC(=O)[C@@]1(C)COc2c1cc([C@@](C)(O)CNC(=O)c1cnc3ccccc3c1)nc2-c1ccc(F)cc1.N. The third-order valence-electron chi connectivity index (χ3n) is 6.96. The minimum absolute atomic E-state index is 0. The molecule has 8 nitrogen and oxygen atoms in total. The number of pyridine rings is 2. The Morgan fingerprint density at radius 3 is 2.58 bits per heavy atom. The van der Waals surface area contributed by atoms with Gasteiger partial charge in [0.1, 0.15) is 35.3 Å². The number of carbonyl (C=O) groups is 2. The predicted octanol–water partition coefficient (Wildman–Crippen LogP) is 4.47. The molecule has 2 atom stereocenters. The molecule has 2 aromatic carbocycles. The number of para-hydroxylation sites is 1. The lowest BCUT2D eigenvalue weighted by Gasteiger charge is -2.26. The molecule has 2 aromatic heterocycles. The fraction of sp³-hybridized carbons (Fsp3) is 0.241. The van der Waals surface area contributed by atoms with Gasteiger partial charge in [-0.05, 0) is 63.2 Å². The largest absolute Gasteiger partial charge is 0.490 e. The van der Waals surface area contributed by atoms with E-state index >= 15 is 0 Å². The van der Waals surface area contributed by atoms with Crippen molar-refractivity contribution in [1.82, 2.24) is 21.4 Å². The summed E-state index contributed by atoms with van der Waals surface area (Å²) in [5.74, 6) is -0.459. The first-order valence-electron chi connectivity index (χ1n) is 11.9. The van der Waals surface area contributed by atoms with Gasteiger partial charge in [-0.1, -0.05) is 18.2 Å². The normalized spacial score (nSPS) is 17.6. The van der Waals surface area contributed by atoms with Crippen LogP contribution in [-0.4, -0.2) is 39.9 Å². The molecule has 0 saturated carbocycles. The number of carbonyl (C=O) groups excluding carboxylic acids is 2. The first kappa shape index (κ1) is 26.8. The van der Waals surface area contributed by atoms with Crippen LogP contribution < -0.4 is 16.2 Å². The number of amides is 1. The van der Waals surface area contributed by atoms with Crippen LogP contribution >= 0.6 is 0 Å². The Labute approximate surface area is 219 Å². The maximum atomic E-state index is 13.6. The highest BCUT2D eigenvalue weighted by atomic mass is 19.1. The zero-order chi connectivity index (χ0) is 26.4. The van der Waals surface area contributed by atoms with Gasteiger partial charge < -0.3 is 21.3 Å². The quantitative estimate of drug-likeness (QED) is 0.344. The van der Waals surface area contributed by atoms with Crippen molar-refractivity contribution in [3.8, 4) is 17.0 Å². The molecule has 1 aliphatic rings. The molecule has 1 aliphatic heterocycles. The highest BCUT2D eigenvalue weighted by Gasteiger charge is 2.44. The van der Waals surface area contributed by atoms with E-state index in [1.807, 2.05) is 24.3 Å². The van der Waals surface area contributed by atoms with E-state index in [1.165, 1.54) is 32.2 Å². The van der Waals surface area contributed by atoms with Crippen molar-refractivity contribution in [3.05, 3.63) is 89.5 Å². The summed E-state index contributed by atoms with van der Waals surface area (Å²) >= 11 is 0. The van der Waals surface area contributed by atoms with Crippen LogP contribution in [0.3, 0.4) is 0 Å². The Bertz CT molecular complexity index is 1540. The summed E-state index contributed by atoms with van der Waals surface area (Å²) in [4.78, 5) is 34.4. The van der Waals surface area contributed by atoms with Crippen LogP contribution in [0.1, 0.15) is 42.4 Å². The molecule has 38 heavy (non-hydrogen) atoms. The first-order chi connectivity index (χ1) is 17.6. The number of hydrogen-bond donors (Lipinski definition) is 3. The highest BCUT2D eigenvalue weighted by Crippen LogP contribution is 2.45. The van der Waals surface area contributed by atoms with Gasteiger partial charge in [-0.25, -0.2) is 9.37 Å². The van der Waals surface area contributed by atoms with Gasteiger partial charge in [0.25, 0.3) is 5.91 Å². The van der Waals surface area contributed by atoms with Crippen molar-refractivity contribution < 1.29 is 23.8 Å². The van der Waals surface area contributed by atoms with Crippen LogP contribution in [0.25, 0.3) is 22.2 Å². The van der Waals surface area contributed by atoms with Crippen LogP contribution in [0.2, 0.25) is 0 Å². The molecule has 196 valence electrons. The number of aromatic nitrogens is 2. The lowest BCUT2D eigenvalue weighted by molar-refractivity contribution is -0.122. The smallest absolute Gasteiger partial charge is 0.252 e. The number of ketones is 1. The molecule has 5 rings (SSSR count). The number of fused-ring (bicyclic) bond motifs is 2. The van der Waals surface area contributed by atoms with Crippen molar-refractivity contribution in [1.29, 1.82) is 0 Å². The fourth-order valence-electron chi connectivity index (χ4n) is 4.39. The molecule has 0 bridgehead atoms. The Hall–Kier alpha value is -4.21. The van der Waals surface area contributed by atoms with Crippen LogP contribution in [-0.2, 0) is 15.8 Å². The Balaban J connectivity index is 0.00000336. The van der Waals surface area contributed by atoms with E-state index < -0.39 is 22.7 Å². The number of aliphatic hydroxyl groups is 1. The molecule has 1 amide bonds. The second kappa shape index (κ2) is 9.92. The van der Waals surface area contributed by atoms with Crippen molar-refractivity contribution in [2.75, 3.05) is 13.2 Å². The molecule has 3 heterocycles. The standard InChI is InChI=1S/C29H26FN3O4.H3N/c1-17(34)28(2)16-37-26-22(28)13-24(33-25(26)18-8-10-21(30)11-9-18)29(3,36)15-32-27(35)20-12-19-6-4-5-7-23(19)31-14-20;/h4-14,36H,15-16H2,1-3H3,(H,32,35);1H3/t28-,29+;/m1./s1. The minimum atomic E-state index is -1.59. The molecule has 0 aliphatic carbocycles. The van der Waals surface area contributed by atoms with Crippen LogP contribution in [0.15, 0.2) is 66.9 Å². The van der Waals surface area contributed by atoms with Crippen LogP contribution in [0.4, 0.5) is 4.39 Å². The number of ether oxygens (including phenoxy) is 1. The van der Waals surface area contributed by atoms with Crippen LogP contribution in [0, 0.1) is 5.82 Å². The van der Waals surface area contributed by atoms with Gasteiger partial charge in [0.15, 0.2) is 0 Å². The molecule has 0 radical (unpaired) electrons. The van der Waals surface area contributed by atoms with E-state index in [0.717, 1.165) is 10.9 Å². The van der Waals surface area contributed by atoms with Gasteiger partial charge in [0.05, 0.1) is 28.7 Å². The zero-order valence-corrected chi connectivity index (χ0v) is 21.4. The number of hydrogen-bond acceptors (Lipinski definition) is 7. The summed E-state index contributed by atoms with van der Waals surface area (Å²) in [6, 6.07) is 16.6. The number of nitrogens with one attached hydrogen (secondary N) is 1. The fourth-order valence-corrected chi connectivity index (χ4v) is 4.39. The Morgan fingerprint density at radius 2 is 1.87 bits per heavy atom. The predicted molar refractivity (Wildman–Crippen MR) is 142 cm³/mol. The molecule has 4 aromatic rings. The maximum absolute atomic E-state index is 13.6. The molecule has 0 unspecified atom stereocenters. The van der Waals surface area contributed by atoms with Gasteiger partial charge in [0, 0.05) is 22.7 Å². The van der Waals surface area contributed by atoms with Gasteiger partial charge in [-0.15, -0.1) is 0 Å². The number of rotatable bonds is 6. The molecular formula is C29H29FN4O4. The van der Waals surface area contributed by atoms with Crippen molar-refractivity contribution in [2.45, 2.75) is 31.8 Å².